The van der Waals surface area contributed by atoms with E-state index in [9.17, 15) is 0 Å². The molecule has 1 atom stereocenters. The molecule has 1 aliphatic heterocycles. The van der Waals surface area contributed by atoms with Crippen molar-refractivity contribution in [3.05, 3.63) is 11.8 Å². The summed E-state index contributed by atoms with van der Waals surface area (Å²) in [5.41, 5.74) is 0. The Labute approximate surface area is 114 Å². The van der Waals surface area contributed by atoms with Gasteiger partial charge in [0.25, 0.3) is 0 Å². The third-order valence-electron chi connectivity index (χ3n) is 3.50. The van der Waals surface area contributed by atoms with E-state index in [0.29, 0.717) is 17.8 Å². The van der Waals surface area contributed by atoms with Crippen molar-refractivity contribution >= 4 is 0 Å². The molecule has 0 aromatic carbocycles. The van der Waals surface area contributed by atoms with Gasteiger partial charge in [-0.1, -0.05) is 0 Å². The quantitative estimate of drug-likeness (QED) is 0.715. The number of nitrogens with zero attached hydrogens (tertiary/aromatic N) is 4. The molecular formula is C13H24N4O2. The lowest BCUT2D eigenvalue weighted by Gasteiger charge is -2.39. The van der Waals surface area contributed by atoms with Crippen LogP contribution in [0, 0.1) is 6.92 Å². The monoisotopic (exact) mass is 268 g/mol. The summed E-state index contributed by atoms with van der Waals surface area (Å²) >= 11 is 0. The first-order chi connectivity index (χ1) is 9.19. The molecular weight excluding hydrogens is 244 g/mol. The lowest BCUT2D eigenvalue weighted by Crippen LogP contribution is -2.52. The average Bonchev–Trinajstić information content (AvgIpc) is 2.78. The molecule has 0 N–H and O–H groups in total. The molecule has 1 aromatic rings. The average molecular weight is 268 g/mol. The maximum Gasteiger partial charge on any atom is 0.230 e. The summed E-state index contributed by atoms with van der Waals surface area (Å²) < 4.78 is 10.9. The lowest BCUT2D eigenvalue weighted by atomic mass is 10.2. The van der Waals surface area contributed by atoms with Crippen LogP contribution in [0.3, 0.4) is 0 Å². The second-order valence-electron chi connectivity index (χ2n) is 5.03. The smallest absolute Gasteiger partial charge is 0.230 e. The highest BCUT2D eigenvalue weighted by Crippen LogP contribution is 2.12. The Morgan fingerprint density at radius 1 is 1.37 bits per heavy atom. The third kappa shape index (κ3) is 4.26. The maximum absolute atomic E-state index is 5.43. The normalized spacial score (nSPS) is 21.9. The summed E-state index contributed by atoms with van der Waals surface area (Å²) in [5, 5.41) is 7.92. The van der Waals surface area contributed by atoms with Gasteiger partial charge in [-0.25, -0.2) is 0 Å². The van der Waals surface area contributed by atoms with Crippen LogP contribution >= 0.6 is 0 Å². The Kier molecular flexibility index (Phi) is 5.30. The van der Waals surface area contributed by atoms with Gasteiger partial charge in [-0.3, -0.25) is 9.80 Å². The van der Waals surface area contributed by atoms with E-state index < -0.39 is 0 Å². The fourth-order valence-electron chi connectivity index (χ4n) is 2.47. The van der Waals surface area contributed by atoms with Gasteiger partial charge in [0.2, 0.25) is 11.8 Å². The van der Waals surface area contributed by atoms with E-state index in [1.54, 1.807) is 0 Å². The van der Waals surface area contributed by atoms with Crippen LogP contribution in [0.5, 0.6) is 0 Å². The molecule has 6 heteroatoms. The summed E-state index contributed by atoms with van der Waals surface area (Å²) in [6, 6.07) is 0.540. The van der Waals surface area contributed by atoms with Crippen molar-refractivity contribution in [2.75, 3.05) is 39.4 Å². The van der Waals surface area contributed by atoms with E-state index in [2.05, 4.69) is 26.9 Å². The van der Waals surface area contributed by atoms with Crippen LogP contribution in [0.4, 0.5) is 0 Å². The fraction of sp³-hybridized carbons (Fsp3) is 0.846. The molecule has 108 valence electrons. The lowest BCUT2D eigenvalue weighted by molar-refractivity contribution is 0.0436. The topological polar surface area (TPSA) is 54.6 Å². The van der Waals surface area contributed by atoms with Gasteiger partial charge in [-0.05, 0) is 13.8 Å². The molecule has 0 aliphatic carbocycles. The van der Waals surface area contributed by atoms with Crippen molar-refractivity contribution in [1.29, 1.82) is 0 Å². The molecule has 0 bridgehead atoms. The van der Waals surface area contributed by atoms with E-state index in [4.69, 9.17) is 9.15 Å². The van der Waals surface area contributed by atoms with Crippen molar-refractivity contribution < 1.29 is 9.15 Å². The van der Waals surface area contributed by atoms with Crippen molar-refractivity contribution in [2.24, 2.45) is 0 Å². The number of ether oxygens (including phenoxy) is 1. The van der Waals surface area contributed by atoms with Gasteiger partial charge in [0.05, 0.1) is 13.2 Å². The minimum Gasteiger partial charge on any atom is -0.424 e. The first kappa shape index (κ1) is 14.4. The van der Waals surface area contributed by atoms with Crippen molar-refractivity contribution in [3.8, 4) is 0 Å². The summed E-state index contributed by atoms with van der Waals surface area (Å²) in [4.78, 5) is 4.85. The highest BCUT2D eigenvalue weighted by molar-refractivity contribution is 4.84. The second-order valence-corrected chi connectivity index (χ2v) is 5.03. The Bertz CT molecular complexity index is 382. The number of hydrogen-bond donors (Lipinski definition) is 0. The van der Waals surface area contributed by atoms with Gasteiger partial charge in [0.1, 0.15) is 0 Å². The minimum absolute atomic E-state index is 0.540. The van der Waals surface area contributed by atoms with Crippen molar-refractivity contribution in [3.63, 3.8) is 0 Å². The largest absolute Gasteiger partial charge is 0.424 e. The van der Waals surface area contributed by atoms with E-state index in [1.807, 2.05) is 13.8 Å². The SMILES string of the molecule is CCOCCN1CCN(Cc2nnc(C)o2)C[C@@H]1C. The summed E-state index contributed by atoms with van der Waals surface area (Å²) in [6.07, 6.45) is 0. The first-order valence-corrected chi connectivity index (χ1v) is 7.02. The third-order valence-corrected chi connectivity index (χ3v) is 3.50. The fourth-order valence-corrected chi connectivity index (χ4v) is 2.47. The zero-order valence-corrected chi connectivity index (χ0v) is 12.1. The molecule has 0 amide bonds. The molecule has 1 fully saturated rings. The van der Waals surface area contributed by atoms with Crippen LogP contribution < -0.4 is 0 Å². The summed E-state index contributed by atoms with van der Waals surface area (Å²) in [7, 11) is 0. The van der Waals surface area contributed by atoms with Gasteiger partial charge >= 0.3 is 0 Å². The Balaban J connectivity index is 1.76. The number of aryl methyl sites for hydroxylation is 1. The minimum atomic E-state index is 0.540. The number of piperazine rings is 1. The predicted octanol–water partition coefficient (Wildman–Crippen LogP) is 0.921. The Morgan fingerprint density at radius 2 is 2.21 bits per heavy atom. The summed E-state index contributed by atoms with van der Waals surface area (Å²) in [5.74, 6) is 1.35. The molecule has 2 heterocycles. The molecule has 0 radical (unpaired) electrons. The van der Waals surface area contributed by atoms with Crippen LogP contribution in [0.15, 0.2) is 4.42 Å². The van der Waals surface area contributed by atoms with Crippen LogP contribution in [0.2, 0.25) is 0 Å². The van der Waals surface area contributed by atoms with E-state index in [-0.39, 0.29) is 0 Å². The predicted molar refractivity (Wildman–Crippen MR) is 71.8 cm³/mol. The van der Waals surface area contributed by atoms with Crippen LogP contribution in [-0.2, 0) is 11.3 Å². The Hall–Kier alpha value is -0.980. The molecule has 0 spiro atoms. The first-order valence-electron chi connectivity index (χ1n) is 7.02. The zero-order chi connectivity index (χ0) is 13.7. The molecule has 1 aliphatic rings. The van der Waals surface area contributed by atoms with Crippen LogP contribution in [0.1, 0.15) is 25.6 Å². The number of rotatable bonds is 6. The van der Waals surface area contributed by atoms with Gasteiger partial charge in [-0.2, -0.15) is 0 Å². The van der Waals surface area contributed by atoms with Gasteiger partial charge in [-0.15, -0.1) is 10.2 Å². The highest BCUT2D eigenvalue weighted by Gasteiger charge is 2.24. The molecule has 1 aromatic heterocycles. The van der Waals surface area contributed by atoms with E-state index in [1.165, 1.54) is 0 Å². The second kappa shape index (κ2) is 6.98. The molecule has 2 rings (SSSR count). The summed E-state index contributed by atoms with van der Waals surface area (Å²) in [6.45, 7) is 12.7. The molecule has 0 saturated carbocycles. The maximum atomic E-state index is 5.43. The number of aromatic nitrogens is 2. The van der Waals surface area contributed by atoms with Crippen molar-refractivity contribution in [2.45, 2.75) is 33.4 Å². The van der Waals surface area contributed by atoms with Gasteiger partial charge < -0.3 is 9.15 Å². The molecule has 6 nitrogen and oxygen atoms in total. The van der Waals surface area contributed by atoms with E-state index >= 15 is 0 Å². The number of hydrogen-bond acceptors (Lipinski definition) is 6. The highest BCUT2D eigenvalue weighted by atomic mass is 16.5. The molecule has 1 saturated heterocycles. The van der Waals surface area contributed by atoms with Crippen LogP contribution in [-0.4, -0.2) is 65.4 Å². The zero-order valence-electron chi connectivity index (χ0n) is 12.1. The Morgan fingerprint density at radius 3 is 2.84 bits per heavy atom. The molecule has 0 unspecified atom stereocenters. The van der Waals surface area contributed by atoms with E-state index in [0.717, 1.165) is 45.9 Å². The molecule has 19 heavy (non-hydrogen) atoms. The van der Waals surface area contributed by atoms with Crippen molar-refractivity contribution in [1.82, 2.24) is 20.0 Å². The van der Waals surface area contributed by atoms with Gasteiger partial charge in [0, 0.05) is 45.8 Å². The standard InChI is InChI=1S/C13H24N4O2/c1-4-18-8-7-17-6-5-16(9-11(17)2)10-13-15-14-12(3)19-13/h11H,4-10H2,1-3H3/t11-/m0/s1. The van der Waals surface area contributed by atoms with Gasteiger partial charge in [0.15, 0.2) is 0 Å². The van der Waals surface area contributed by atoms with Crippen LogP contribution in [0.25, 0.3) is 0 Å².